The van der Waals surface area contributed by atoms with Gasteiger partial charge >= 0.3 is 0 Å². The Morgan fingerprint density at radius 1 is 1.40 bits per heavy atom. The number of nitrogens with zero attached hydrogens (tertiary/aromatic N) is 2. The third kappa shape index (κ3) is 3.13. The van der Waals surface area contributed by atoms with Crippen molar-refractivity contribution in [2.75, 3.05) is 12.4 Å². The monoisotopic (exact) mass is 331 g/mol. The minimum atomic E-state index is -0.304. The van der Waals surface area contributed by atoms with E-state index in [1.807, 2.05) is 6.07 Å². The second-order valence-electron chi connectivity index (χ2n) is 3.87. The summed E-state index contributed by atoms with van der Waals surface area (Å²) in [6, 6.07) is 8.48. The van der Waals surface area contributed by atoms with Gasteiger partial charge in [-0.1, -0.05) is 0 Å². The second-order valence-corrected chi connectivity index (χ2v) is 4.79. The van der Waals surface area contributed by atoms with E-state index < -0.39 is 0 Å². The molecule has 0 aliphatic heterocycles. The summed E-state index contributed by atoms with van der Waals surface area (Å²) in [4.78, 5) is 16.0. The van der Waals surface area contributed by atoms with E-state index in [-0.39, 0.29) is 5.91 Å². The fourth-order valence-electron chi connectivity index (χ4n) is 1.59. The van der Waals surface area contributed by atoms with E-state index in [9.17, 15) is 4.79 Å². The van der Waals surface area contributed by atoms with Gasteiger partial charge in [0.15, 0.2) is 0 Å². The summed E-state index contributed by atoms with van der Waals surface area (Å²) in [5.41, 5.74) is 1.38. The van der Waals surface area contributed by atoms with Crippen LogP contribution in [0.1, 0.15) is 15.9 Å². The van der Waals surface area contributed by atoms with Gasteiger partial charge in [-0.05, 0) is 34.1 Å². The molecule has 0 spiro atoms. The Kier molecular flexibility index (Phi) is 4.33. The van der Waals surface area contributed by atoms with E-state index in [1.54, 1.807) is 30.5 Å². The first-order valence-corrected chi connectivity index (χ1v) is 6.43. The quantitative estimate of drug-likeness (QED) is 0.938. The fraction of sp³-hybridized carbons (Fsp3) is 0.0714. The SMILES string of the molecule is COc1cc(C#N)ccc1NC(=O)c1cncc(Br)c1. The number of rotatable bonds is 3. The summed E-state index contributed by atoms with van der Waals surface area (Å²) in [5, 5.41) is 11.6. The van der Waals surface area contributed by atoms with Crippen molar-refractivity contribution in [2.45, 2.75) is 0 Å². The summed E-state index contributed by atoms with van der Waals surface area (Å²) < 4.78 is 5.88. The van der Waals surface area contributed by atoms with Gasteiger partial charge in [0.1, 0.15) is 5.75 Å². The molecule has 2 rings (SSSR count). The van der Waals surface area contributed by atoms with Crippen LogP contribution < -0.4 is 10.1 Å². The number of ether oxygens (including phenoxy) is 1. The summed E-state index contributed by atoms with van der Waals surface area (Å²) >= 11 is 3.26. The Hall–Kier alpha value is -2.39. The first-order valence-electron chi connectivity index (χ1n) is 5.64. The maximum Gasteiger partial charge on any atom is 0.257 e. The summed E-state index contributed by atoms with van der Waals surface area (Å²) in [7, 11) is 1.48. The average Bonchev–Trinajstić information content (AvgIpc) is 2.47. The van der Waals surface area contributed by atoms with Gasteiger partial charge in [0.2, 0.25) is 0 Å². The smallest absolute Gasteiger partial charge is 0.257 e. The Balaban J connectivity index is 2.26. The van der Waals surface area contributed by atoms with Crippen LogP contribution in [0, 0.1) is 11.3 Å². The number of anilines is 1. The molecule has 0 radical (unpaired) electrons. The van der Waals surface area contributed by atoms with Crippen molar-refractivity contribution in [3.63, 3.8) is 0 Å². The van der Waals surface area contributed by atoms with Crippen LogP contribution in [0.3, 0.4) is 0 Å². The number of carbonyl (C=O) groups is 1. The number of nitriles is 1. The van der Waals surface area contributed by atoms with E-state index in [2.05, 4.69) is 26.2 Å². The summed E-state index contributed by atoms with van der Waals surface area (Å²) in [5.74, 6) is 0.127. The zero-order chi connectivity index (χ0) is 14.5. The molecule has 0 saturated heterocycles. The molecule has 2 aromatic rings. The van der Waals surface area contributed by atoms with Crippen molar-refractivity contribution in [3.8, 4) is 11.8 Å². The second kappa shape index (κ2) is 6.17. The Morgan fingerprint density at radius 3 is 2.85 bits per heavy atom. The highest BCUT2D eigenvalue weighted by molar-refractivity contribution is 9.10. The normalized spacial score (nSPS) is 9.65. The van der Waals surface area contributed by atoms with Gasteiger partial charge in [-0.25, -0.2) is 0 Å². The first-order chi connectivity index (χ1) is 9.63. The number of halogens is 1. The molecule has 5 nitrogen and oxygen atoms in total. The Morgan fingerprint density at radius 2 is 2.20 bits per heavy atom. The van der Waals surface area contributed by atoms with E-state index >= 15 is 0 Å². The van der Waals surface area contributed by atoms with E-state index in [1.165, 1.54) is 13.3 Å². The highest BCUT2D eigenvalue weighted by Gasteiger charge is 2.11. The van der Waals surface area contributed by atoms with Crippen molar-refractivity contribution < 1.29 is 9.53 Å². The van der Waals surface area contributed by atoms with Gasteiger partial charge in [0.25, 0.3) is 5.91 Å². The lowest BCUT2D eigenvalue weighted by Crippen LogP contribution is -2.13. The van der Waals surface area contributed by atoms with Crippen LogP contribution in [0.15, 0.2) is 41.1 Å². The number of nitrogens with one attached hydrogen (secondary N) is 1. The molecule has 0 aliphatic carbocycles. The maximum absolute atomic E-state index is 12.1. The standard InChI is InChI=1S/C14H10BrN3O2/c1-20-13-4-9(6-16)2-3-12(13)18-14(19)10-5-11(15)8-17-7-10/h2-5,7-8H,1H3,(H,18,19). The molecule has 0 bridgehead atoms. The number of hydrogen-bond donors (Lipinski definition) is 1. The van der Waals surface area contributed by atoms with Gasteiger partial charge in [0, 0.05) is 22.9 Å². The number of pyridine rings is 1. The maximum atomic E-state index is 12.1. The van der Waals surface area contributed by atoms with Crippen LogP contribution >= 0.6 is 15.9 Å². The molecule has 0 fully saturated rings. The van der Waals surface area contributed by atoms with Gasteiger partial charge < -0.3 is 10.1 Å². The zero-order valence-electron chi connectivity index (χ0n) is 10.6. The fourth-order valence-corrected chi connectivity index (χ4v) is 1.96. The first kappa shape index (κ1) is 14.0. The number of benzene rings is 1. The van der Waals surface area contributed by atoms with Crippen LogP contribution in [0.25, 0.3) is 0 Å². The number of aromatic nitrogens is 1. The number of carbonyl (C=O) groups excluding carboxylic acids is 1. The van der Waals surface area contributed by atoms with E-state index in [0.717, 1.165) is 4.47 Å². The van der Waals surface area contributed by atoms with Crippen molar-refractivity contribution in [3.05, 3.63) is 52.3 Å². The topological polar surface area (TPSA) is 75.0 Å². The molecule has 0 atom stereocenters. The van der Waals surface area contributed by atoms with E-state index in [4.69, 9.17) is 10.00 Å². The molecule has 100 valence electrons. The molecule has 1 aromatic heterocycles. The molecular weight excluding hydrogens is 322 g/mol. The van der Waals surface area contributed by atoms with Gasteiger partial charge in [-0.15, -0.1) is 0 Å². The Labute approximate surface area is 124 Å². The molecule has 20 heavy (non-hydrogen) atoms. The predicted molar refractivity (Wildman–Crippen MR) is 77.6 cm³/mol. The largest absolute Gasteiger partial charge is 0.495 e. The highest BCUT2D eigenvalue weighted by Crippen LogP contribution is 2.26. The minimum absolute atomic E-state index is 0.304. The lowest BCUT2D eigenvalue weighted by molar-refractivity contribution is 0.102. The molecular formula is C14H10BrN3O2. The Bertz CT molecular complexity index is 695. The van der Waals surface area contributed by atoms with E-state index in [0.29, 0.717) is 22.6 Å². The van der Waals surface area contributed by atoms with Gasteiger partial charge in [-0.2, -0.15) is 5.26 Å². The molecule has 1 amide bonds. The van der Waals surface area contributed by atoms with Crippen LogP contribution in [-0.4, -0.2) is 18.0 Å². The van der Waals surface area contributed by atoms with Crippen molar-refractivity contribution in [2.24, 2.45) is 0 Å². The third-order valence-corrected chi connectivity index (χ3v) is 2.98. The molecule has 0 aliphatic rings. The van der Waals surface area contributed by atoms with Crippen LogP contribution in [0.4, 0.5) is 5.69 Å². The molecule has 1 heterocycles. The average molecular weight is 332 g/mol. The molecule has 0 saturated carbocycles. The van der Waals surface area contributed by atoms with Crippen LogP contribution in [0.2, 0.25) is 0 Å². The molecule has 0 unspecified atom stereocenters. The lowest BCUT2D eigenvalue weighted by atomic mass is 10.2. The third-order valence-electron chi connectivity index (χ3n) is 2.55. The van der Waals surface area contributed by atoms with Crippen LogP contribution in [-0.2, 0) is 0 Å². The molecule has 6 heteroatoms. The zero-order valence-corrected chi connectivity index (χ0v) is 12.1. The van der Waals surface area contributed by atoms with Crippen molar-refractivity contribution in [1.29, 1.82) is 5.26 Å². The predicted octanol–water partition coefficient (Wildman–Crippen LogP) is 2.98. The highest BCUT2D eigenvalue weighted by atomic mass is 79.9. The van der Waals surface area contributed by atoms with Crippen LogP contribution in [0.5, 0.6) is 5.75 Å². The van der Waals surface area contributed by atoms with Gasteiger partial charge in [0.05, 0.1) is 30.0 Å². The van der Waals surface area contributed by atoms with Gasteiger partial charge in [-0.3, -0.25) is 9.78 Å². The lowest BCUT2D eigenvalue weighted by Gasteiger charge is -2.10. The molecule has 1 aromatic carbocycles. The summed E-state index contributed by atoms with van der Waals surface area (Å²) in [6.45, 7) is 0. The molecule has 1 N–H and O–H groups in total. The number of methoxy groups -OCH3 is 1. The van der Waals surface area contributed by atoms with Crippen molar-refractivity contribution in [1.82, 2.24) is 4.98 Å². The number of amides is 1. The summed E-state index contributed by atoms with van der Waals surface area (Å²) in [6.07, 6.45) is 3.06. The minimum Gasteiger partial charge on any atom is -0.495 e. The van der Waals surface area contributed by atoms with Crippen molar-refractivity contribution >= 4 is 27.5 Å². The number of hydrogen-bond acceptors (Lipinski definition) is 4.